The van der Waals surface area contributed by atoms with E-state index in [1.165, 1.54) is 63.3 Å². The molecule has 0 saturated heterocycles. The molecule has 0 amide bonds. The quantitative estimate of drug-likeness (QED) is 0.165. The van der Waals surface area contributed by atoms with Gasteiger partial charge in [0.15, 0.2) is 17.5 Å². The Balaban J connectivity index is 1.03. The van der Waals surface area contributed by atoms with Crippen LogP contribution in [0.3, 0.4) is 0 Å². The number of pyridine rings is 1. The number of benzene rings is 9. The van der Waals surface area contributed by atoms with Crippen LogP contribution in [0, 0.1) is 0 Å². The van der Waals surface area contributed by atoms with Gasteiger partial charge < -0.3 is 0 Å². The first-order chi connectivity index (χ1) is 32.2. The Hall–Kier alpha value is -7.77. The maximum absolute atomic E-state index is 5.57. The van der Waals surface area contributed by atoms with E-state index in [-0.39, 0.29) is 0 Å². The summed E-state index contributed by atoms with van der Waals surface area (Å²) in [6, 6.07) is 74.4. The van der Waals surface area contributed by atoms with Crippen molar-refractivity contribution >= 4 is 64.9 Å². The van der Waals surface area contributed by atoms with E-state index in [1.54, 1.807) is 11.3 Å². The van der Waals surface area contributed by atoms with Crippen LogP contribution in [0.2, 0.25) is 0 Å². The molecule has 6 heteroatoms. The highest BCUT2D eigenvalue weighted by atomic mass is 32.2. The van der Waals surface area contributed by atoms with Crippen LogP contribution in [0.4, 0.5) is 0 Å². The molecule has 0 radical (unpaired) electrons. The van der Waals surface area contributed by atoms with Crippen LogP contribution >= 0.6 is 23.1 Å². The summed E-state index contributed by atoms with van der Waals surface area (Å²) in [5.74, 6) is 1.88. The van der Waals surface area contributed by atoms with Gasteiger partial charge in [0, 0.05) is 63.0 Å². The van der Waals surface area contributed by atoms with Crippen molar-refractivity contribution in [2.45, 2.75) is 15.2 Å². The molecule has 1 aliphatic carbocycles. The van der Waals surface area contributed by atoms with Gasteiger partial charge in [0.2, 0.25) is 0 Å². The lowest BCUT2D eigenvalue weighted by atomic mass is 9.67. The van der Waals surface area contributed by atoms with Crippen LogP contribution in [-0.2, 0) is 5.41 Å². The molecule has 0 N–H and O–H groups in total. The number of thiophene rings is 1. The average molecular weight is 863 g/mol. The predicted molar refractivity (Wildman–Crippen MR) is 269 cm³/mol. The number of hydrogen-bond acceptors (Lipinski definition) is 6. The largest absolute Gasteiger partial charge is 0.247 e. The maximum atomic E-state index is 5.57. The Labute approximate surface area is 383 Å². The summed E-state index contributed by atoms with van der Waals surface area (Å²) in [7, 11) is 0. The number of rotatable bonds is 4. The molecule has 0 unspecified atom stereocenters. The van der Waals surface area contributed by atoms with E-state index in [0.717, 1.165) is 49.6 Å². The number of nitrogens with zero attached hydrogens (tertiary/aromatic N) is 4. The van der Waals surface area contributed by atoms with Gasteiger partial charge in [0.1, 0.15) is 0 Å². The number of aromatic nitrogens is 4. The summed E-state index contributed by atoms with van der Waals surface area (Å²) in [6.45, 7) is 0. The van der Waals surface area contributed by atoms with Crippen molar-refractivity contribution in [2.75, 3.05) is 0 Å². The Morgan fingerprint density at radius 2 is 0.954 bits per heavy atom. The maximum Gasteiger partial charge on any atom is 0.165 e. The SMILES string of the molecule is c1ccc(-c2nc(-c3ccc4c(c3)nc(-c3ccccc3)c3cc5c(cc34)C3(c4ccccc4Sc4ccccc43)c3ccccc3-5)nc(-c3cccc4c3sc3ccccc34)n2)cc1. The molecular weight excluding hydrogens is 829 g/mol. The Morgan fingerprint density at radius 1 is 0.338 bits per heavy atom. The minimum atomic E-state index is -0.493. The molecule has 0 fully saturated rings. The minimum Gasteiger partial charge on any atom is -0.247 e. The molecule has 1 spiro atoms. The molecule has 12 aromatic rings. The summed E-state index contributed by atoms with van der Waals surface area (Å²) in [6.07, 6.45) is 0. The van der Waals surface area contributed by atoms with Crippen molar-refractivity contribution in [1.29, 1.82) is 0 Å². The van der Waals surface area contributed by atoms with Gasteiger partial charge in [-0.2, -0.15) is 0 Å². The van der Waals surface area contributed by atoms with Gasteiger partial charge in [-0.05, 0) is 81.2 Å². The zero-order valence-electron chi connectivity index (χ0n) is 34.7. The second kappa shape index (κ2) is 14.1. The summed E-state index contributed by atoms with van der Waals surface area (Å²) < 4.78 is 2.41. The van der Waals surface area contributed by atoms with Crippen molar-refractivity contribution in [3.63, 3.8) is 0 Å². The number of hydrogen-bond donors (Lipinski definition) is 0. The van der Waals surface area contributed by atoms with Gasteiger partial charge in [-0.25, -0.2) is 19.9 Å². The Morgan fingerprint density at radius 3 is 1.74 bits per heavy atom. The van der Waals surface area contributed by atoms with Crippen LogP contribution in [0.5, 0.6) is 0 Å². The third-order valence-electron chi connectivity index (χ3n) is 13.4. The first-order valence-electron chi connectivity index (χ1n) is 21.9. The number of fused-ring (bicyclic) bond motifs is 15. The molecule has 2 aliphatic rings. The highest BCUT2D eigenvalue weighted by molar-refractivity contribution is 7.99. The topological polar surface area (TPSA) is 51.6 Å². The van der Waals surface area contributed by atoms with Gasteiger partial charge in [-0.1, -0.05) is 176 Å². The van der Waals surface area contributed by atoms with Crippen LogP contribution < -0.4 is 0 Å². The van der Waals surface area contributed by atoms with Gasteiger partial charge in [0.25, 0.3) is 0 Å². The molecule has 9 aromatic carbocycles. The molecular formula is C59H34N4S2. The summed E-state index contributed by atoms with van der Waals surface area (Å²) in [5.41, 5.74) is 13.0. The van der Waals surface area contributed by atoms with Gasteiger partial charge in [0.05, 0.1) is 16.6 Å². The molecule has 1 aliphatic heterocycles. The third kappa shape index (κ3) is 5.39. The molecule has 0 atom stereocenters. The summed E-state index contributed by atoms with van der Waals surface area (Å²) in [5, 5.41) is 5.81. The highest BCUT2D eigenvalue weighted by Gasteiger charge is 2.50. The van der Waals surface area contributed by atoms with E-state index in [1.807, 2.05) is 30.0 Å². The van der Waals surface area contributed by atoms with Crippen molar-refractivity contribution in [3.05, 3.63) is 229 Å². The smallest absolute Gasteiger partial charge is 0.165 e. The van der Waals surface area contributed by atoms with E-state index in [9.17, 15) is 0 Å². The first-order valence-corrected chi connectivity index (χ1v) is 23.5. The van der Waals surface area contributed by atoms with Crippen molar-refractivity contribution < 1.29 is 0 Å². The van der Waals surface area contributed by atoms with Crippen LogP contribution in [0.15, 0.2) is 216 Å². The van der Waals surface area contributed by atoms with Crippen LogP contribution in [0.25, 0.3) is 98.4 Å². The minimum absolute atomic E-state index is 0.493. The fourth-order valence-electron chi connectivity index (χ4n) is 10.6. The van der Waals surface area contributed by atoms with E-state index >= 15 is 0 Å². The zero-order chi connectivity index (χ0) is 42.6. The average Bonchev–Trinajstić information content (AvgIpc) is 3.89. The normalized spacial score (nSPS) is 13.3. The van der Waals surface area contributed by atoms with Crippen molar-refractivity contribution in [1.82, 2.24) is 19.9 Å². The van der Waals surface area contributed by atoms with E-state index in [4.69, 9.17) is 19.9 Å². The van der Waals surface area contributed by atoms with E-state index < -0.39 is 5.41 Å². The van der Waals surface area contributed by atoms with Crippen LogP contribution in [-0.4, -0.2) is 19.9 Å². The molecule has 4 nitrogen and oxygen atoms in total. The van der Waals surface area contributed by atoms with Crippen molar-refractivity contribution in [2.24, 2.45) is 0 Å². The molecule has 0 bridgehead atoms. The second-order valence-electron chi connectivity index (χ2n) is 16.8. The zero-order valence-corrected chi connectivity index (χ0v) is 36.4. The molecule has 14 rings (SSSR count). The third-order valence-corrected chi connectivity index (χ3v) is 15.7. The van der Waals surface area contributed by atoms with E-state index in [2.05, 4.69) is 188 Å². The van der Waals surface area contributed by atoms with Gasteiger partial charge >= 0.3 is 0 Å². The summed E-state index contributed by atoms with van der Waals surface area (Å²) >= 11 is 3.65. The lowest BCUT2D eigenvalue weighted by molar-refractivity contribution is 0.723. The first kappa shape index (κ1) is 36.7. The Kier molecular flexibility index (Phi) is 7.97. The van der Waals surface area contributed by atoms with E-state index in [0.29, 0.717) is 17.5 Å². The fourth-order valence-corrected chi connectivity index (χ4v) is 13.0. The molecule has 4 heterocycles. The van der Waals surface area contributed by atoms with Gasteiger partial charge in [-0.15, -0.1) is 11.3 Å². The lowest BCUT2D eigenvalue weighted by Crippen LogP contribution is -2.31. The predicted octanol–water partition coefficient (Wildman–Crippen LogP) is 15.4. The highest BCUT2D eigenvalue weighted by Crippen LogP contribution is 2.63. The summed E-state index contributed by atoms with van der Waals surface area (Å²) in [4.78, 5) is 23.8. The van der Waals surface area contributed by atoms with Crippen molar-refractivity contribution in [3.8, 4) is 56.5 Å². The van der Waals surface area contributed by atoms with Crippen LogP contribution in [0.1, 0.15) is 22.3 Å². The molecule has 0 saturated carbocycles. The van der Waals surface area contributed by atoms with Gasteiger partial charge in [-0.3, -0.25) is 0 Å². The lowest BCUT2D eigenvalue weighted by Gasteiger charge is -2.39. The molecule has 302 valence electrons. The molecule has 3 aromatic heterocycles. The second-order valence-corrected chi connectivity index (χ2v) is 19.0. The Bertz CT molecular complexity index is 3890. The monoisotopic (exact) mass is 862 g/mol. The fraction of sp³-hybridized carbons (Fsp3) is 0.0169. The standard InChI is InChI=1S/C59H34N4S2/c1-3-16-35(17-4-1)54-45-33-44-38-20-7-9-24-46(38)59(47-25-10-13-28-52(47)64-53-29-14-11-26-48(53)59)49(44)34-43(45)39-31-30-37(32-50(39)60-54)57-61-56(36-18-5-2-6-19-36)62-58(63-57)42-23-15-22-41-40-21-8-12-27-51(40)65-55(41)42/h1-34H. The molecule has 65 heavy (non-hydrogen) atoms.